The Morgan fingerprint density at radius 3 is 2.52 bits per heavy atom. The summed E-state index contributed by atoms with van der Waals surface area (Å²) in [5, 5.41) is 12.2. The minimum atomic E-state index is -0.919. The number of anilines is 1. The number of halogens is 1. The van der Waals surface area contributed by atoms with E-state index in [-0.39, 0.29) is 11.3 Å². The summed E-state index contributed by atoms with van der Waals surface area (Å²) in [6, 6.07) is 28.4. The van der Waals surface area contributed by atoms with Gasteiger partial charge in [-0.1, -0.05) is 71.5 Å². The first-order valence-electron chi connectivity index (χ1n) is 12.6. The molecule has 0 aliphatic carbocycles. The highest BCUT2D eigenvalue weighted by Gasteiger charge is 2.48. The number of thiazole rings is 1. The number of hydrogen-bond donors (Lipinski definition) is 1. The van der Waals surface area contributed by atoms with E-state index >= 15 is 0 Å². The number of fused-ring (bicyclic) bond motifs is 1. The highest BCUT2D eigenvalue weighted by Crippen LogP contribution is 2.45. The molecule has 8 heteroatoms. The summed E-state index contributed by atoms with van der Waals surface area (Å²) < 4.78 is 6.94. The standard InChI is InChI=1S/C32H23ClN2O4S/c1-19-10-15-25-26(16-19)40-32(34-25)35-28(22-8-5-9-24(17-22)39-18-20-6-3-2-4-7-20)27(30(37)31(35)38)29(36)21-11-13-23(33)14-12-21/h2-17,28,36H,18H2,1H3. The second-order valence-electron chi connectivity index (χ2n) is 9.49. The van der Waals surface area contributed by atoms with Crippen LogP contribution in [0.15, 0.2) is 103 Å². The lowest BCUT2D eigenvalue weighted by atomic mass is 9.95. The number of aromatic nitrogens is 1. The monoisotopic (exact) mass is 566 g/mol. The molecule has 198 valence electrons. The quantitative estimate of drug-likeness (QED) is 0.131. The van der Waals surface area contributed by atoms with E-state index in [2.05, 4.69) is 0 Å². The van der Waals surface area contributed by atoms with E-state index < -0.39 is 17.7 Å². The molecule has 1 fully saturated rings. The van der Waals surface area contributed by atoms with Crippen molar-refractivity contribution in [2.45, 2.75) is 19.6 Å². The molecule has 1 N–H and O–H groups in total. The molecule has 0 spiro atoms. The van der Waals surface area contributed by atoms with Crippen LogP contribution in [0, 0.1) is 6.92 Å². The maximum atomic E-state index is 13.6. The van der Waals surface area contributed by atoms with Crippen molar-refractivity contribution in [3.8, 4) is 5.75 Å². The van der Waals surface area contributed by atoms with Gasteiger partial charge in [0.15, 0.2) is 5.13 Å². The maximum absolute atomic E-state index is 13.6. The highest BCUT2D eigenvalue weighted by molar-refractivity contribution is 7.22. The summed E-state index contributed by atoms with van der Waals surface area (Å²) in [7, 11) is 0. The number of amides is 1. The fourth-order valence-electron chi connectivity index (χ4n) is 4.75. The lowest BCUT2D eigenvalue weighted by Gasteiger charge is -2.23. The van der Waals surface area contributed by atoms with E-state index in [1.807, 2.05) is 67.6 Å². The van der Waals surface area contributed by atoms with Crippen molar-refractivity contribution < 1.29 is 19.4 Å². The molecular formula is C32H23ClN2O4S. The molecule has 1 amide bonds. The zero-order chi connectivity index (χ0) is 27.8. The first kappa shape index (κ1) is 25.8. The van der Waals surface area contributed by atoms with Crippen molar-refractivity contribution in [3.63, 3.8) is 0 Å². The van der Waals surface area contributed by atoms with Crippen LogP contribution in [0.2, 0.25) is 5.02 Å². The van der Waals surface area contributed by atoms with Gasteiger partial charge in [0.25, 0.3) is 5.78 Å². The minimum absolute atomic E-state index is 0.0250. The second kappa shape index (κ2) is 10.6. The van der Waals surface area contributed by atoms with Crippen molar-refractivity contribution in [1.29, 1.82) is 0 Å². The van der Waals surface area contributed by atoms with Gasteiger partial charge in [-0.2, -0.15) is 0 Å². The normalized spacial score (nSPS) is 16.6. The molecule has 5 aromatic rings. The lowest BCUT2D eigenvalue weighted by molar-refractivity contribution is -0.132. The Balaban J connectivity index is 1.47. The molecule has 6 rings (SSSR count). The van der Waals surface area contributed by atoms with Gasteiger partial charge in [-0.25, -0.2) is 4.98 Å². The fourth-order valence-corrected chi connectivity index (χ4v) is 5.96. The van der Waals surface area contributed by atoms with Crippen LogP contribution in [0.1, 0.15) is 28.3 Å². The Morgan fingerprint density at radius 2 is 1.75 bits per heavy atom. The van der Waals surface area contributed by atoms with Crippen molar-refractivity contribution in [3.05, 3.63) is 130 Å². The van der Waals surface area contributed by atoms with Gasteiger partial charge in [-0.05, 0) is 72.1 Å². The molecule has 1 aliphatic rings. The van der Waals surface area contributed by atoms with Crippen LogP contribution in [0.5, 0.6) is 5.75 Å². The first-order chi connectivity index (χ1) is 19.4. The summed E-state index contributed by atoms with van der Waals surface area (Å²) in [4.78, 5) is 33.2. The average Bonchev–Trinajstić information content (AvgIpc) is 3.50. The van der Waals surface area contributed by atoms with Crippen LogP contribution in [0.4, 0.5) is 5.13 Å². The summed E-state index contributed by atoms with van der Waals surface area (Å²) in [6.07, 6.45) is 0. The van der Waals surface area contributed by atoms with Gasteiger partial charge in [-0.3, -0.25) is 14.5 Å². The van der Waals surface area contributed by atoms with Crippen molar-refractivity contribution in [1.82, 2.24) is 4.98 Å². The molecular weight excluding hydrogens is 544 g/mol. The summed E-state index contributed by atoms with van der Waals surface area (Å²) in [5.41, 5.74) is 3.75. The average molecular weight is 567 g/mol. The first-order valence-corrected chi connectivity index (χ1v) is 13.8. The van der Waals surface area contributed by atoms with E-state index in [1.165, 1.54) is 16.2 Å². The summed E-state index contributed by atoms with van der Waals surface area (Å²) >= 11 is 7.37. The maximum Gasteiger partial charge on any atom is 0.301 e. The number of carbonyl (C=O) groups is 2. The third kappa shape index (κ3) is 4.85. The van der Waals surface area contributed by atoms with Crippen LogP contribution in [0.25, 0.3) is 16.0 Å². The van der Waals surface area contributed by atoms with Crippen molar-refractivity contribution in [2.24, 2.45) is 0 Å². The third-order valence-corrected chi connectivity index (χ3v) is 7.99. The number of rotatable bonds is 6. The third-order valence-electron chi connectivity index (χ3n) is 6.72. The molecule has 1 saturated heterocycles. The second-order valence-corrected chi connectivity index (χ2v) is 10.9. The van der Waals surface area contributed by atoms with Crippen LogP contribution in [0.3, 0.4) is 0 Å². The summed E-state index contributed by atoms with van der Waals surface area (Å²) in [6.45, 7) is 2.34. The number of nitrogens with zero attached hydrogens (tertiary/aromatic N) is 2. The van der Waals surface area contributed by atoms with E-state index in [1.54, 1.807) is 36.4 Å². The van der Waals surface area contributed by atoms with E-state index in [4.69, 9.17) is 21.3 Å². The topological polar surface area (TPSA) is 79.7 Å². The van der Waals surface area contributed by atoms with Crippen LogP contribution < -0.4 is 9.64 Å². The molecule has 0 radical (unpaired) electrons. The van der Waals surface area contributed by atoms with Gasteiger partial charge < -0.3 is 9.84 Å². The Hall–Kier alpha value is -4.46. The Kier molecular flexibility index (Phi) is 6.84. The molecule has 40 heavy (non-hydrogen) atoms. The highest BCUT2D eigenvalue weighted by atomic mass is 35.5. The molecule has 1 atom stereocenters. The van der Waals surface area contributed by atoms with E-state index in [0.29, 0.717) is 33.6 Å². The molecule has 1 aliphatic heterocycles. The molecule has 1 unspecified atom stereocenters. The smallest absolute Gasteiger partial charge is 0.301 e. The van der Waals surface area contributed by atoms with Crippen molar-refractivity contribution >= 4 is 55.7 Å². The zero-order valence-corrected chi connectivity index (χ0v) is 22.9. The SMILES string of the molecule is Cc1ccc2nc(N3C(=O)C(=O)C(=C(O)c4ccc(Cl)cc4)C3c3cccc(OCc4ccccc4)c3)sc2c1. The number of hydrogen-bond acceptors (Lipinski definition) is 6. The van der Waals surface area contributed by atoms with Gasteiger partial charge in [0.1, 0.15) is 18.1 Å². The number of Topliss-reactive ketones (excluding diaryl/α,β-unsaturated/α-hetero) is 1. The van der Waals surface area contributed by atoms with Crippen molar-refractivity contribution in [2.75, 3.05) is 4.90 Å². The molecule has 0 saturated carbocycles. The number of ketones is 1. The van der Waals surface area contributed by atoms with Crippen LogP contribution in [-0.4, -0.2) is 21.8 Å². The van der Waals surface area contributed by atoms with E-state index in [0.717, 1.165) is 21.3 Å². The van der Waals surface area contributed by atoms with Crippen LogP contribution in [-0.2, 0) is 16.2 Å². The number of aryl methyl sites for hydroxylation is 1. The molecule has 4 aromatic carbocycles. The zero-order valence-electron chi connectivity index (χ0n) is 21.4. The molecule has 0 bridgehead atoms. The number of ether oxygens (including phenoxy) is 1. The summed E-state index contributed by atoms with van der Waals surface area (Å²) in [5.74, 6) is -1.26. The lowest BCUT2D eigenvalue weighted by Crippen LogP contribution is -2.29. The number of aliphatic hydroxyl groups is 1. The van der Waals surface area contributed by atoms with Gasteiger partial charge in [0.05, 0.1) is 21.8 Å². The number of aliphatic hydroxyl groups excluding tert-OH is 1. The predicted octanol–water partition coefficient (Wildman–Crippen LogP) is 7.46. The number of carbonyl (C=O) groups excluding carboxylic acids is 2. The Labute approximate surface area is 239 Å². The minimum Gasteiger partial charge on any atom is -0.507 e. The van der Waals surface area contributed by atoms with E-state index in [9.17, 15) is 14.7 Å². The predicted molar refractivity (Wildman–Crippen MR) is 158 cm³/mol. The molecule has 6 nitrogen and oxygen atoms in total. The Morgan fingerprint density at radius 1 is 0.975 bits per heavy atom. The molecule has 2 heterocycles. The fraction of sp³-hybridized carbons (Fsp3) is 0.0938. The number of benzene rings is 4. The van der Waals surface area contributed by atoms with Gasteiger partial charge in [0, 0.05) is 10.6 Å². The molecule has 1 aromatic heterocycles. The van der Waals surface area contributed by atoms with Gasteiger partial charge >= 0.3 is 5.91 Å². The van der Waals surface area contributed by atoms with Crippen LogP contribution >= 0.6 is 22.9 Å². The largest absolute Gasteiger partial charge is 0.507 e. The van der Waals surface area contributed by atoms with Gasteiger partial charge in [-0.15, -0.1) is 0 Å². The Bertz CT molecular complexity index is 1780. The van der Waals surface area contributed by atoms with Gasteiger partial charge in [0.2, 0.25) is 0 Å².